The maximum atomic E-state index is 11.7. The molecule has 5 nitrogen and oxygen atoms in total. The summed E-state index contributed by atoms with van der Waals surface area (Å²) >= 11 is 0. The van der Waals surface area contributed by atoms with Gasteiger partial charge in [-0.3, -0.25) is 4.79 Å². The zero-order valence-corrected chi connectivity index (χ0v) is 19.1. The lowest BCUT2D eigenvalue weighted by atomic mass is 10.0. The number of hydrogen-bond donors (Lipinski definition) is 3. The summed E-state index contributed by atoms with van der Waals surface area (Å²) in [5.41, 5.74) is 0. The molecule has 1 amide bonds. The summed E-state index contributed by atoms with van der Waals surface area (Å²) in [4.78, 5) is 22.7. The average molecular weight is 414 g/mol. The van der Waals surface area contributed by atoms with Gasteiger partial charge in [0, 0.05) is 6.42 Å². The van der Waals surface area contributed by atoms with Crippen molar-refractivity contribution in [2.24, 2.45) is 0 Å². The van der Waals surface area contributed by atoms with Gasteiger partial charge in [0.05, 0.1) is 6.10 Å². The fourth-order valence-electron chi connectivity index (χ4n) is 3.64. The summed E-state index contributed by atoms with van der Waals surface area (Å²) < 4.78 is 0. The highest BCUT2D eigenvalue weighted by Crippen LogP contribution is 2.14. The highest BCUT2D eigenvalue weighted by molar-refractivity contribution is 5.83. The number of rotatable bonds is 21. The summed E-state index contributed by atoms with van der Waals surface area (Å²) in [6.45, 7) is 3.64. The molecule has 5 heteroatoms. The lowest BCUT2D eigenvalue weighted by molar-refractivity contribution is -0.144. The van der Waals surface area contributed by atoms with Crippen LogP contribution in [-0.2, 0) is 9.59 Å². The number of aliphatic carboxylic acids is 1. The number of carbonyl (C=O) groups is 2. The second-order valence-electron chi connectivity index (χ2n) is 8.53. The van der Waals surface area contributed by atoms with Crippen LogP contribution in [0, 0.1) is 0 Å². The Morgan fingerprint density at radius 2 is 1.03 bits per heavy atom. The van der Waals surface area contributed by atoms with E-state index in [1.54, 1.807) is 0 Å². The number of aliphatic hydroxyl groups excluding tert-OH is 1. The Bertz CT molecular complexity index is 398. The molecule has 0 fully saturated rings. The van der Waals surface area contributed by atoms with Crippen LogP contribution in [-0.4, -0.2) is 34.2 Å². The van der Waals surface area contributed by atoms with Crippen molar-refractivity contribution >= 4 is 11.9 Å². The van der Waals surface area contributed by atoms with Crippen LogP contribution in [0.15, 0.2) is 0 Å². The molecule has 0 radical (unpaired) electrons. The fourth-order valence-corrected chi connectivity index (χ4v) is 3.64. The first kappa shape index (κ1) is 27.9. The van der Waals surface area contributed by atoms with Crippen LogP contribution in [0.5, 0.6) is 0 Å². The van der Waals surface area contributed by atoms with Gasteiger partial charge in [-0.25, -0.2) is 4.79 Å². The first-order chi connectivity index (χ1) is 14.0. The highest BCUT2D eigenvalue weighted by atomic mass is 16.4. The lowest BCUT2D eigenvalue weighted by Crippen LogP contribution is -2.47. The Hall–Kier alpha value is -1.10. The van der Waals surface area contributed by atoms with Gasteiger partial charge in [-0.05, 0) is 13.3 Å². The van der Waals surface area contributed by atoms with Gasteiger partial charge < -0.3 is 15.5 Å². The molecule has 0 aliphatic rings. The third-order valence-corrected chi connectivity index (χ3v) is 5.57. The van der Waals surface area contributed by atoms with E-state index in [4.69, 9.17) is 5.11 Å². The number of carboxylic acids is 1. The Kier molecular flexibility index (Phi) is 19.4. The minimum atomic E-state index is -1.21. The van der Waals surface area contributed by atoms with Crippen LogP contribution in [0.4, 0.5) is 0 Å². The van der Waals surface area contributed by atoms with E-state index in [0.717, 1.165) is 19.3 Å². The molecule has 0 aliphatic carbocycles. The van der Waals surface area contributed by atoms with E-state index in [9.17, 15) is 14.7 Å². The molecule has 0 aromatic carbocycles. The minimum absolute atomic E-state index is 0.292. The number of carboxylic acid groups (broad SMARTS) is 1. The smallest absolute Gasteiger partial charge is 0.328 e. The van der Waals surface area contributed by atoms with E-state index in [0.29, 0.717) is 6.42 Å². The lowest BCUT2D eigenvalue weighted by Gasteiger charge is -2.16. The molecule has 0 rings (SSSR count). The second kappa shape index (κ2) is 20.2. The highest BCUT2D eigenvalue weighted by Gasteiger charge is 2.24. The van der Waals surface area contributed by atoms with Crippen molar-refractivity contribution in [3.05, 3.63) is 0 Å². The molecule has 2 unspecified atom stereocenters. The molecule has 29 heavy (non-hydrogen) atoms. The summed E-state index contributed by atoms with van der Waals surface area (Å²) in [5, 5.41) is 20.7. The molecular formula is C24H47NO4. The predicted molar refractivity (Wildman–Crippen MR) is 120 cm³/mol. The summed E-state index contributed by atoms with van der Waals surface area (Å²) in [6.07, 6.45) is 21.2. The van der Waals surface area contributed by atoms with Gasteiger partial charge in [-0.15, -0.1) is 0 Å². The first-order valence-electron chi connectivity index (χ1n) is 12.2. The monoisotopic (exact) mass is 413 g/mol. The predicted octanol–water partition coefficient (Wildman–Crippen LogP) is 5.98. The van der Waals surface area contributed by atoms with Crippen LogP contribution >= 0.6 is 0 Å². The van der Waals surface area contributed by atoms with E-state index in [-0.39, 0.29) is 5.91 Å². The Labute approximate surface area is 179 Å². The molecule has 0 heterocycles. The topological polar surface area (TPSA) is 86.6 Å². The second-order valence-corrected chi connectivity index (χ2v) is 8.53. The largest absolute Gasteiger partial charge is 0.480 e. The molecule has 172 valence electrons. The molecule has 0 saturated heterocycles. The Balaban J connectivity index is 3.31. The van der Waals surface area contributed by atoms with Crippen molar-refractivity contribution in [2.75, 3.05) is 0 Å². The van der Waals surface area contributed by atoms with Gasteiger partial charge in [0.2, 0.25) is 5.91 Å². The van der Waals surface area contributed by atoms with E-state index in [1.165, 1.54) is 96.8 Å². The van der Waals surface area contributed by atoms with Crippen LogP contribution in [0.1, 0.15) is 129 Å². The number of amides is 1. The molecule has 0 saturated carbocycles. The number of unbranched alkanes of at least 4 members (excludes halogenated alkanes) is 16. The molecule has 3 N–H and O–H groups in total. The number of hydrogen-bond acceptors (Lipinski definition) is 3. The van der Waals surface area contributed by atoms with Gasteiger partial charge in [0.1, 0.15) is 0 Å². The number of nitrogens with one attached hydrogen (secondary N) is 1. The number of carbonyl (C=O) groups excluding carboxylic acids is 1. The molecule has 0 aliphatic heterocycles. The zero-order valence-electron chi connectivity index (χ0n) is 19.1. The summed E-state index contributed by atoms with van der Waals surface area (Å²) in [6, 6.07) is -1.21. The van der Waals surface area contributed by atoms with Crippen molar-refractivity contribution in [1.29, 1.82) is 0 Å². The van der Waals surface area contributed by atoms with Gasteiger partial charge in [-0.2, -0.15) is 0 Å². The van der Waals surface area contributed by atoms with Crippen LogP contribution in [0.2, 0.25) is 0 Å². The number of aliphatic hydroxyl groups is 1. The van der Waals surface area contributed by atoms with Crippen molar-refractivity contribution < 1.29 is 19.8 Å². The fraction of sp³-hybridized carbons (Fsp3) is 0.917. The third kappa shape index (κ3) is 18.7. The van der Waals surface area contributed by atoms with Crippen molar-refractivity contribution in [2.45, 2.75) is 142 Å². The molecule has 0 aromatic rings. The van der Waals surface area contributed by atoms with Crippen molar-refractivity contribution in [3.63, 3.8) is 0 Å². The molecule has 2 atom stereocenters. The van der Waals surface area contributed by atoms with Gasteiger partial charge >= 0.3 is 5.97 Å². The summed E-state index contributed by atoms with van der Waals surface area (Å²) in [7, 11) is 0. The van der Waals surface area contributed by atoms with E-state index in [2.05, 4.69) is 12.2 Å². The van der Waals surface area contributed by atoms with Gasteiger partial charge in [0.15, 0.2) is 6.04 Å². The normalized spacial score (nSPS) is 13.2. The van der Waals surface area contributed by atoms with E-state index in [1.807, 2.05) is 0 Å². The SMILES string of the molecule is CCCCCCCCCCCCCCCCCCCC(=O)NC(C(=O)O)C(C)O. The standard InChI is InChI=1S/C24H47NO4/c1-3-4-5-6-7-8-9-10-11-12-13-14-15-16-17-18-19-20-22(27)25-23(21(2)26)24(28)29/h21,23,26H,3-20H2,1-2H3,(H,25,27)(H,28,29). The third-order valence-electron chi connectivity index (χ3n) is 5.57. The molecule has 0 spiro atoms. The van der Waals surface area contributed by atoms with Crippen molar-refractivity contribution in [3.8, 4) is 0 Å². The molecule has 0 aromatic heterocycles. The first-order valence-corrected chi connectivity index (χ1v) is 12.2. The van der Waals surface area contributed by atoms with Crippen LogP contribution in [0.25, 0.3) is 0 Å². The quantitative estimate of drug-likeness (QED) is 0.202. The Morgan fingerprint density at radius 3 is 1.34 bits per heavy atom. The maximum absolute atomic E-state index is 11.7. The Morgan fingerprint density at radius 1 is 0.690 bits per heavy atom. The summed E-state index contributed by atoms with van der Waals surface area (Å²) in [5.74, 6) is -1.49. The van der Waals surface area contributed by atoms with Gasteiger partial charge in [0.25, 0.3) is 0 Å². The molecular weight excluding hydrogens is 366 g/mol. The van der Waals surface area contributed by atoms with Crippen LogP contribution < -0.4 is 5.32 Å². The van der Waals surface area contributed by atoms with E-state index >= 15 is 0 Å². The van der Waals surface area contributed by atoms with Gasteiger partial charge in [-0.1, -0.05) is 110 Å². The molecule has 0 bridgehead atoms. The maximum Gasteiger partial charge on any atom is 0.328 e. The van der Waals surface area contributed by atoms with Crippen LogP contribution in [0.3, 0.4) is 0 Å². The average Bonchev–Trinajstić information content (AvgIpc) is 2.68. The van der Waals surface area contributed by atoms with Crippen molar-refractivity contribution in [1.82, 2.24) is 5.32 Å². The van der Waals surface area contributed by atoms with E-state index < -0.39 is 18.1 Å². The zero-order chi connectivity index (χ0) is 21.7. The minimum Gasteiger partial charge on any atom is -0.480 e.